The first-order valence-corrected chi connectivity index (χ1v) is 8.97. The number of ether oxygens (including phenoxy) is 2. The van der Waals surface area contributed by atoms with E-state index in [-0.39, 0.29) is 0 Å². The number of rotatable bonds is 5. The lowest BCUT2D eigenvalue weighted by molar-refractivity contribution is -0.138. The van der Waals surface area contributed by atoms with E-state index in [9.17, 15) is 4.79 Å². The molecule has 3 rings (SSSR count). The number of hydrogen-bond donors (Lipinski definition) is 0. The summed E-state index contributed by atoms with van der Waals surface area (Å²) in [6, 6.07) is 15.7. The second-order valence-electron chi connectivity index (χ2n) is 5.68. The number of carbonyl (C=O) groups is 1. The molecule has 1 heterocycles. The summed E-state index contributed by atoms with van der Waals surface area (Å²) < 4.78 is 12.0. The van der Waals surface area contributed by atoms with Crippen molar-refractivity contribution in [3.8, 4) is 0 Å². The van der Waals surface area contributed by atoms with Crippen LogP contribution >= 0.6 is 15.9 Å². The molecule has 0 atom stereocenters. The first-order valence-electron chi connectivity index (χ1n) is 8.18. The largest absolute Gasteiger partial charge is 0.486 e. The summed E-state index contributed by atoms with van der Waals surface area (Å²) in [5.74, 6) is -0.00714. The van der Waals surface area contributed by atoms with E-state index < -0.39 is 5.97 Å². The van der Waals surface area contributed by atoms with E-state index in [1.54, 1.807) is 18.1 Å². The second-order valence-corrected chi connectivity index (χ2v) is 6.59. The van der Waals surface area contributed by atoms with Crippen LogP contribution < -0.4 is 0 Å². The van der Waals surface area contributed by atoms with E-state index in [0.717, 1.165) is 21.2 Å². The fraction of sp³-hybridized carbons (Fsp3) is 0.200. The lowest BCUT2D eigenvalue weighted by Gasteiger charge is -2.30. The van der Waals surface area contributed by atoms with Gasteiger partial charge in [-0.15, -0.1) is 0 Å². The smallest absolute Gasteiger partial charge is 0.360 e. The van der Waals surface area contributed by atoms with Crippen LogP contribution in [-0.2, 0) is 27.4 Å². The lowest BCUT2D eigenvalue weighted by atomic mass is 10.0. The first kappa shape index (κ1) is 18.2. The van der Waals surface area contributed by atoms with Crippen molar-refractivity contribution in [2.45, 2.75) is 20.1 Å². The van der Waals surface area contributed by atoms with Crippen molar-refractivity contribution in [1.82, 2.24) is 5.01 Å². The number of hydrazone groups is 1. The van der Waals surface area contributed by atoms with Crippen LogP contribution in [0.3, 0.4) is 0 Å². The van der Waals surface area contributed by atoms with Crippen LogP contribution in [0.1, 0.15) is 23.6 Å². The number of esters is 1. The monoisotopic (exact) mass is 414 g/mol. The molecule has 0 amide bonds. The highest BCUT2D eigenvalue weighted by atomic mass is 79.9. The molecule has 0 spiro atoms. The molecule has 1 aliphatic rings. The van der Waals surface area contributed by atoms with Gasteiger partial charge in [0.05, 0.1) is 13.7 Å². The van der Waals surface area contributed by atoms with Crippen LogP contribution in [0.25, 0.3) is 5.76 Å². The highest BCUT2D eigenvalue weighted by molar-refractivity contribution is 9.10. The Morgan fingerprint density at radius 1 is 1.27 bits per heavy atom. The van der Waals surface area contributed by atoms with Gasteiger partial charge < -0.3 is 9.47 Å². The van der Waals surface area contributed by atoms with Gasteiger partial charge in [0.2, 0.25) is 0 Å². The molecule has 0 radical (unpaired) electrons. The van der Waals surface area contributed by atoms with E-state index in [2.05, 4.69) is 21.0 Å². The van der Waals surface area contributed by atoms with Gasteiger partial charge in [-0.3, -0.25) is 5.01 Å². The van der Waals surface area contributed by atoms with Crippen molar-refractivity contribution in [3.63, 3.8) is 0 Å². The molecule has 0 aliphatic carbocycles. The zero-order valence-corrected chi connectivity index (χ0v) is 16.2. The van der Waals surface area contributed by atoms with E-state index in [1.165, 1.54) is 7.11 Å². The van der Waals surface area contributed by atoms with E-state index >= 15 is 0 Å². The third-order valence-electron chi connectivity index (χ3n) is 3.96. The van der Waals surface area contributed by atoms with Crippen LogP contribution in [0, 0.1) is 0 Å². The minimum absolute atomic E-state index is 0.302. The summed E-state index contributed by atoms with van der Waals surface area (Å²) in [6.45, 7) is 2.60. The van der Waals surface area contributed by atoms with Gasteiger partial charge in [-0.2, -0.15) is 5.10 Å². The Hall–Kier alpha value is -2.60. The zero-order valence-electron chi connectivity index (χ0n) is 14.6. The van der Waals surface area contributed by atoms with Gasteiger partial charge in [0.15, 0.2) is 11.5 Å². The molecule has 134 valence electrons. The van der Waals surface area contributed by atoms with Gasteiger partial charge in [-0.05, 0) is 36.2 Å². The number of fused-ring (bicyclic) bond motifs is 1. The number of hydrogen-bond acceptors (Lipinski definition) is 5. The molecule has 0 N–H and O–H groups in total. The van der Waals surface area contributed by atoms with Crippen LogP contribution in [-0.4, -0.2) is 24.3 Å². The Kier molecular flexibility index (Phi) is 5.73. The number of carbonyl (C=O) groups excluding carboxylic acids is 1. The maximum absolute atomic E-state index is 12.5. The molecule has 0 unspecified atom stereocenters. The van der Waals surface area contributed by atoms with Gasteiger partial charge in [0.1, 0.15) is 6.61 Å². The third kappa shape index (κ3) is 3.80. The first-order chi connectivity index (χ1) is 12.6. The molecule has 6 heteroatoms. The Labute approximate surface area is 161 Å². The van der Waals surface area contributed by atoms with Gasteiger partial charge in [-0.1, -0.05) is 46.3 Å². The molecule has 2 aromatic rings. The van der Waals surface area contributed by atoms with Crippen LogP contribution in [0.15, 0.2) is 63.8 Å². The fourth-order valence-electron chi connectivity index (χ4n) is 2.81. The van der Waals surface area contributed by atoms with Crippen LogP contribution in [0.4, 0.5) is 0 Å². The standard InChI is InChI=1S/C20H19BrN2O3/c1-3-22-23-12-15-11-16(21)9-10-17(15)19(18(23)20(24)25-2)26-13-14-7-5-4-6-8-14/h3-11H,12-13H2,1-2H3/b22-3-. The van der Waals surface area contributed by atoms with Crippen LogP contribution in [0.5, 0.6) is 0 Å². The number of halogens is 1. The highest BCUT2D eigenvalue weighted by Gasteiger charge is 2.31. The van der Waals surface area contributed by atoms with Gasteiger partial charge >= 0.3 is 5.97 Å². The average Bonchev–Trinajstić information content (AvgIpc) is 2.66. The molecule has 0 saturated carbocycles. The van der Waals surface area contributed by atoms with Crippen molar-refractivity contribution in [2.24, 2.45) is 5.10 Å². The number of methoxy groups -OCH3 is 1. The Bertz CT molecular complexity index is 863. The fourth-order valence-corrected chi connectivity index (χ4v) is 3.22. The summed E-state index contributed by atoms with van der Waals surface area (Å²) in [4.78, 5) is 12.5. The molecule has 0 fully saturated rings. The minimum Gasteiger partial charge on any atom is -0.486 e. The summed E-state index contributed by atoms with van der Waals surface area (Å²) in [5.41, 5.74) is 3.20. The van der Waals surface area contributed by atoms with Crippen LogP contribution in [0.2, 0.25) is 0 Å². The second kappa shape index (κ2) is 8.19. The highest BCUT2D eigenvalue weighted by Crippen LogP contribution is 2.35. The molecule has 0 aromatic heterocycles. The molecule has 26 heavy (non-hydrogen) atoms. The maximum Gasteiger partial charge on any atom is 0.360 e. The third-order valence-corrected chi connectivity index (χ3v) is 4.46. The van der Waals surface area contributed by atoms with Gasteiger partial charge in [0.25, 0.3) is 0 Å². The Morgan fingerprint density at radius 2 is 2.04 bits per heavy atom. The minimum atomic E-state index is -0.479. The normalized spacial score (nSPS) is 13.7. The quantitative estimate of drug-likeness (QED) is 0.539. The predicted molar refractivity (Wildman–Crippen MR) is 104 cm³/mol. The number of nitrogens with zero attached hydrogens (tertiary/aromatic N) is 2. The average molecular weight is 415 g/mol. The van der Waals surface area contributed by atoms with Crippen molar-refractivity contribution >= 4 is 33.9 Å². The van der Waals surface area contributed by atoms with Crippen molar-refractivity contribution in [2.75, 3.05) is 7.11 Å². The molecule has 2 aromatic carbocycles. The molecular weight excluding hydrogens is 396 g/mol. The molecule has 1 aliphatic heterocycles. The Morgan fingerprint density at radius 3 is 2.73 bits per heavy atom. The molecule has 5 nitrogen and oxygen atoms in total. The molecule has 0 bridgehead atoms. The summed E-state index contributed by atoms with van der Waals surface area (Å²) in [7, 11) is 1.36. The van der Waals surface area contributed by atoms with E-state index in [0.29, 0.717) is 24.6 Å². The molecule has 0 saturated heterocycles. The SMILES string of the molecule is C/C=N\N1Cc2cc(Br)ccc2C(OCc2ccccc2)=C1C(=O)OC. The lowest BCUT2D eigenvalue weighted by Crippen LogP contribution is -2.29. The van der Waals surface area contributed by atoms with Gasteiger partial charge in [0, 0.05) is 16.3 Å². The van der Waals surface area contributed by atoms with Crippen molar-refractivity contribution < 1.29 is 14.3 Å². The summed E-state index contributed by atoms with van der Waals surface area (Å²) in [5, 5.41) is 5.93. The maximum atomic E-state index is 12.5. The number of benzene rings is 2. The Balaban J connectivity index is 2.08. The van der Waals surface area contributed by atoms with E-state index in [4.69, 9.17) is 9.47 Å². The van der Waals surface area contributed by atoms with Crippen molar-refractivity contribution in [3.05, 3.63) is 75.4 Å². The predicted octanol–water partition coefficient (Wildman–Crippen LogP) is 4.33. The summed E-state index contributed by atoms with van der Waals surface area (Å²) in [6.07, 6.45) is 1.64. The topological polar surface area (TPSA) is 51.1 Å². The van der Waals surface area contributed by atoms with Crippen molar-refractivity contribution in [1.29, 1.82) is 0 Å². The van der Waals surface area contributed by atoms with Gasteiger partial charge in [-0.25, -0.2) is 4.79 Å². The zero-order chi connectivity index (χ0) is 18.5. The van der Waals surface area contributed by atoms with E-state index in [1.807, 2.05) is 48.5 Å². The molecular formula is C20H19BrN2O3. The summed E-state index contributed by atoms with van der Waals surface area (Å²) >= 11 is 3.50.